The van der Waals surface area contributed by atoms with Crippen LogP contribution >= 0.6 is 0 Å². The fourth-order valence-corrected chi connectivity index (χ4v) is 2.06. The SMILES string of the molecule is CC(C)C1CC(NCCc2ncno2)C1. The summed E-state index contributed by atoms with van der Waals surface area (Å²) in [6, 6.07) is 0.709. The molecule has 0 bridgehead atoms. The number of hydrogen-bond donors (Lipinski definition) is 1. The van der Waals surface area contributed by atoms with E-state index in [2.05, 4.69) is 29.3 Å². The third-order valence-electron chi connectivity index (χ3n) is 3.30. The second kappa shape index (κ2) is 4.75. The zero-order valence-electron chi connectivity index (χ0n) is 9.44. The first-order valence-corrected chi connectivity index (χ1v) is 5.74. The van der Waals surface area contributed by atoms with Gasteiger partial charge < -0.3 is 9.84 Å². The quantitative estimate of drug-likeness (QED) is 0.801. The van der Waals surface area contributed by atoms with Gasteiger partial charge in [-0.05, 0) is 24.7 Å². The van der Waals surface area contributed by atoms with Crippen molar-refractivity contribution in [3.05, 3.63) is 12.2 Å². The van der Waals surface area contributed by atoms with E-state index in [9.17, 15) is 0 Å². The minimum absolute atomic E-state index is 0.709. The van der Waals surface area contributed by atoms with E-state index in [0.717, 1.165) is 30.7 Å². The van der Waals surface area contributed by atoms with Crippen molar-refractivity contribution >= 4 is 0 Å². The molecule has 0 radical (unpaired) electrons. The summed E-state index contributed by atoms with van der Waals surface area (Å²) in [5.41, 5.74) is 0. The Morgan fingerprint density at radius 3 is 2.93 bits per heavy atom. The average molecular weight is 209 g/mol. The number of aromatic nitrogens is 2. The van der Waals surface area contributed by atoms with Gasteiger partial charge in [0, 0.05) is 19.0 Å². The van der Waals surface area contributed by atoms with Crippen LogP contribution in [0.15, 0.2) is 10.9 Å². The first-order chi connectivity index (χ1) is 7.25. The zero-order valence-corrected chi connectivity index (χ0v) is 9.44. The van der Waals surface area contributed by atoms with Crippen molar-refractivity contribution in [2.75, 3.05) is 6.54 Å². The fraction of sp³-hybridized carbons (Fsp3) is 0.818. The van der Waals surface area contributed by atoms with Crippen molar-refractivity contribution in [1.82, 2.24) is 15.5 Å². The van der Waals surface area contributed by atoms with Gasteiger partial charge in [0.2, 0.25) is 5.89 Å². The van der Waals surface area contributed by atoms with Crippen molar-refractivity contribution < 1.29 is 4.52 Å². The lowest BCUT2D eigenvalue weighted by atomic mass is 9.74. The summed E-state index contributed by atoms with van der Waals surface area (Å²) < 4.78 is 4.93. The van der Waals surface area contributed by atoms with Crippen molar-refractivity contribution in [3.8, 4) is 0 Å². The van der Waals surface area contributed by atoms with E-state index < -0.39 is 0 Å². The normalized spacial score (nSPS) is 25.5. The van der Waals surface area contributed by atoms with E-state index in [-0.39, 0.29) is 0 Å². The molecule has 2 rings (SSSR count). The zero-order chi connectivity index (χ0) is 10.7. The molecule has 0 amide bonds. The molecule has 0 aromatic carbocycles. The number of nitrogens with zero attached hydrogens (tertiary/aromatic N) is 2. The predicted octanol–water partition coefficient (Wildman–Crippen LogP) is 1.64. The maximum absolute atomic E-state index is 4.93. The molecule has 0 aliphatic heterocycles. The topological polar surface area (TPSA) is 51.0 Å². The smallest absolute Gasteiger partial charge is 0.227 e. The van der Waals surface area contributed by atoms with Crippen LogP contribution in [0.3, 0.4) is 0 Å². The number of rotatable bonds is 5. The lowest BCUT2D eigenvalue weighted by Crippen LogP contribution is -2.43. The molecule has 4 nitrogen and oxygen atoms in total. The second-order valence-corrected chi connectivity index (χ2v) is 4.71. The van der Waals surface area contributed by atoms with E-state index in [1.807, 2.05) is 0 Å². The Bertz CT molecular complexity index is 278. The molecular formula is C11H19N3O. The highest BCUT2D eigenvalue weighted by Crippen LogP contribution is 2.33. The molecule has 1 aliphatic carbocycles. The minimum Gasteiger partial charge on any atom is -0.340 e. The monoisotopic (exact) mass is 209 g/mol. The summed E-state index contributed by atoms with van der Waals surface area (Å²) >= 11 is 0. The van der Waals surface area contributed by atoms with Crippen LogP contribution in [0.1, 0.15) is 32.6 Å². The number of nitrogens with one attached hydrogen (secondary N) is 1. The van der Waals surface area contributed by atoms with Gasteiger partial charge in [-0.15, -0.1) is 0 Å². The molecule has 1 heterocycles. The molecule has 1 fully saturated rings. The van der Waals surface area contributed by atoms with E-state index in [0.29, 0.717) is 6.04 Å². The number of hydrogen-bond acceptors (Lipinski definition) is 4. The molecule has 1 N–H and O–H groups in total. The van der Waals surface area contributed by atoms with Gasteiger partial charge in [-0.2, -0.15) is 4.98 Å². The van der Waals surface area contributed by atoms with Crippen molar-refractivity contribution in [2.24, 2.45) is 11.8 Å². The van der Waals surface area contributed by atoms with Crippen LogP contribution in [0.4, 0.5) is 0 Å². The van der Waals surface area contributed by atoms with E-state index >= 15 is 0 Å². The highest BCUT2D eigenvalue weighted by Gasteiger charge is 2.30. The van der Waals surface area contributed by atoms with E-state index in [1.54, 1.807) is 0 Å². The molecule has 1 saturated carbocycles. The van der Waals surface area contributed by atoms with E-state index in [1.165, 1.54) is 19.2 Å². The van der Waals surface area contributed by atoms with Gasteiger partial charge in [-0.3, -0.25) is 0 Å². The van der Waals surface area contributed by atoms with Crippen LogP contribution < -0.4 is 5.32 Å². The highest BCUT2D eigenvalue weighted by molar-refractivity contribution is 4.87. The van der Waals surface area contributed by atoms with Crippen LogP contribution in [0, 0.1) is 11.8 Å². The molecule has 4 heteroatoms. The Hall–Kier alpha value is -0.900. The summed E-state index contributed by atoms with van der Waals surface area (Å²) in [5.74, 6) is 2.48. The average Bonchev–Trinajstić information content (AvgIpc) is 2.60. The third kappa shape index (κ3) is 2.78. The van der Waals surface area contributed by atoms with Crippen LogP contribution in [0.25, 0.3) is 0 Å². The van der Waals surface area contributed by atoms with Gasteiger partial charge in [0.15, 0.2) is 6.33 Å². The largest absolute Gasteiger partial charge is 0.340 e. The van der Waals surface area contributed by atoms with Gasteiger partial charge in [0.05, 0.1) is 0 Å². The summed E-state index contributed by atoms with van der Waals surface area (Å²) in [6.45, 7) is 5.55. The first-order valence-electron chi connectivity index (χ1n) is 5.74. The van der Waals surface area contributed by atoms with Gasteiger partial charge in [-0.25, -0.2) is 0 Å². The van der Waals surface area contributed by atoms with Gasteiger partial charge in [0.1, 0.15) is 0 Å². The molecule has 1 aromatic heterocycles. The Morgan fingerprint density at radius 1 is 1.53 bits per heavy atom. The maximum Gasteiger partial charge on any atom is 0.227 e. The lowest BCUT2D eigenvalue weighted by molar-refractivity contribution is 0.168. The van der Waals surface area contributed by atoms with E-state index in [4.69, 9.17) is 4.52 Å². The molecule has 1 aliphatic rings. The Labute approximate surface area is 90.4 Å². The molecule has 0 atom stereocenters. The molecule has 1 aromatic rings. The Balaban J connectivity index is 1.57. The maximum atomic E-state index is 4.93. The van der Waals surface area contributed by atoms with Crippen LogP contribution in [0.2, 0.25) is 0 Å². The summed E-state index contributed by atoms with van der Waals surface area (Å²) in [7, 11) is 0. The standard InChI is InChI=1S/C11H19N3O/c1-8(2)9-5-10(6-9)12-4-3-11-13-7-14-15-11/h7-10,12H,3-6H2,1-2H3. The van der Waals surface area contributed by atoms with Crippen LogP contribution in [-0.4, -0.2) is 22.7 Å². The van der Waals surface area contributed by atoms with Crippen molar-refractivity contribution in [3.63, 3.8) is 0 Å². The first kappa shape index (κ1) is 10.6. The van der Waals surface area contributed by atoms with Gasteiger partial charge in [-0.1, -0.05) is 19.0 Å². The summed E-state index contributed by atoms with van der Waals surface area (Å²) in [4.78, 5) is 3.98. The van der Waals surface area contributed by atoms with Crippen molar-refractivity contribution in [2.45, 2.75) is 39.2 Å². The Kier molecular flexibility index (Phi) is 3.36. The molecular weight excluding hydrogens is 190 g/mol. The molecule has 0 spiro atoms. The Morgan fingerprint density at radius 2 is 2.33 bits per heavy atom. The predicted molar refractivity (Wildman–Crippen MR) is 57.4 cm³/mol. The van der Waals surface area contributed by atoms with Gasteiger partial charge >= 0.3 is 0 Å². The summed E-state index contributed by atoms with van der Waals surface area (Å²) in [5, 5.41) is 7.09. The molecule has 0 saturated heterocycles. The van der Waals surface area contributed by atoms with Crippen molar-refractivity contribution in [1.29, 1.82) is 0 Å². The van der Waals surface area contributed by atoms with Crippen LogP contribution in [-0.2, 0) is 6.42 Å². The fourth-order valence-electron chi connectivity index (χ4n) is 2.06. The van der Waals surface area contributed by atoms with Crippen LogP contribution in [0.5, 0.6) is 0 Å². The minimum atomic E-state index is 0.709. The lowest BCUT2D eigenvalue weighted by Gasteiger charge is -2.38. The second-order valence-electron chi connectivity index (χ2n) is 4.71. The van der Waals surface area contributed by atoms with Gasteiger partial charge in [0.25, 0.3) is 0 Å². The third-order valence-corrected chi connectivity index (χ3v) is 3.30. The molecule has 0 unspecified atom stereocenters. The molecule has 84 valence electrons. The summed E-state index contributed by atoms with van der Waals surface area (Å²) in [6.07, 6.45) is 4.93. The molecule has 15 heavy (non-hydrogen) atoms. The highest BCUT2D eigenvalue weighted by atomic mass is 16.5.